The van der Waals surface area contributed by atoms with Gasteiger partial charge in [0, 0.05) is 43.9 Å². The van der Waals surface area contributed by atoms with E-state index in [0.717, 1.165) is 36.9 Å². The summed E-state index contributed by atoms with van der Waals surface area (Å²) >= 11 is 9.32. The molecular formula is C15H16BrClN4O. The second-order valence-corrected chi connectivity index (χ2v) is 6.45. The number of aryl methyl sites for hydroxylation is 1. The van der Waals surface area contributed by atoms with Crippen molar-refractivity contribution in [2.75, 3.05) is 36.0 Å². The minimum atomic E-state index is -0.113. The Morgan fingerprint density at radius 2 is 1.68 bits per heavy atom. The number of hydrogen-bond donors (Lipinski definition) is 0. The van der Waals surface area contributed by atoms with Crippen LogP contribution in [0.4, 0.5) is 11.4 Å². The number of hydrogen-bond acceptors (Lipinski definition) is 4. The van der Waals surface area contributed by atoms with Crippen LogP contribution >= 0.6 is 27.5 Å². The molecule has 116 valence electrons. The lowest BCUT2D eigenvalue weighted by Gasteiger charge is -2.37. The molecule has 1 saturated heterocycles. The Labute approximate surface area is 142 Å². The molecular weight excluding hydrogens is 368 g/mol. The van der Waals surface area contributed by atoms with Crippen LogP contribution in [-0.2, 0) is 7.05 Å². The van der Waals surface area contributed by atoms with E-state index in [9.17, 15) is 4.79 Å². The molecule has 0 spiro atoms. The number of benzene rings is 1. The number of rotatable bonds is 2. The van der Waals surface area contributed by atoms with Crippen molar-refractivity contribution in [1.29, 1.82) is 0 Å². The maximum Gasteiger partial charge on any atom is 0.282 e. The zero-order chi connectivity index (χ0) is 15.7. The third-order valence-corrected chi connectivity index (χ3v) is 4.87. The number of halogens is 2. The van der Waals surface area contributed by atoms with Crippen molar-refractivity contribution in [1.82, 2.24) is 9.78 Å². The lowest BCUT2D eigenvalue weighted by atomic mass is 10.2. The maximum absolute atomic E-state index is 12.0. The second-order valence-electron chi connectivity index (χ2n) is 5.22. The van der Waals surface area contributed by atoms with Gasteiger partial charge in [0.15, 0.2) is 0 Å². The standard InChI is InChI=1S/C15H16BrClN4O/c1-19-15(22)14(16)13(10-18-19)21-8-6-20(7-9-21)12-4-2-11(17)3-5-12/h2-5,10H,6-9H2,1H3. The molecule has 1 aliphatic heterocycles. The van der Waals surface area contributed by atoms with Crippen LogP contribution in [0.1, 0.15) is 0 Å². The minimum absolute atomic E-state index is 0.113. The average molecular weight is 384 g/mol. The molecule has 2 aromatic rings. The molecule has 0 N–H and O–H groups in total. The molecule has 0 saturated carbocycles. The van der Waals surface area contributed by atoms with Crippen molar-refractivity contribution >= 4 is 38.9 Å². The van der Waals surface area contributed by atoms with E-state index in [2.05, 4.69) is 30.8 Å². The lowest BCUT2D eigenvalue weighted by Crippen LogP contribution is -2.47. The maximum atomic E-state index is 12.0. The summed E-state index contributed by atoms with van der Waals surface area (Å²) in [6.07, 6.45) is 1.74. The fourth-order valence-corrected chi connectivity index (χ4v) is 3.32. The van der Waals surface area contributed by atoms with E-state index in [1.165, 1.54) is 10.4 Å². The van der Waals surface area contributed by atoms with Crippen LogP contribution in [0.2, 0.25) is 5.02 Å². The van der Waals surface area contributed by atoms with Crippen LogP contribution in [0.15, 0.2) is 39.7 Å². The van der Waals surface area contributed by atoms with Gasteiger partial charge >= 0.3 is 0 Å². The average Bonchev–Trinajstić information content (AvgIpc) is 2.54. The summed E-state index contributed by atoms with van der Waals surface area (Å²) < 4.78 is 1.90. The van der Waals surface area contributed by atoms with Crippen molar-refractivity contribution in [3.05, 3.63) is 50.3 Å². The minimum Gasteiger partial charge on any atom is -0.368 e. The van der Waals surface area contributed by atoms with Crippen LogP contribution in [0.5, 0.6) is 0 Å². The number of anilines is 2. The van der Waals surface area contributed by atoms with E-state index in [-0.39, 0.29) is 5.56 Å². The van der Waals surface area contributed by atoms with Crippen LogP contribution < -0.4 is 15.4 Å². The molecule has 0 atom stereocenters. The molecule has 0 radical (unpaired) electrons. The van der Waals surface area contributed by atoms with Gasteiger partial charge in [-0.15, -0.1) is 0 Å². The van der Waals surface area contributed by atoms with E-state index in [4.69, 9.17) is 11.6 Å². The molecule has 0 unspecified atom stereocenters. The highest BCUT2D eigenvalue weighted by molar-refractivity contribution is 9.10. The SMILES string of the molecule is Cn1ncc(N2CCN(c3ccc(Cl)cc3)CC2)c(Br)c1=O. The van der Waals surface area contributed by atoms with Crippen molar-refractivity contribution in [2.24, 2.45) is 7.05 Å². The van der Waals surface area contributed by atoms with Crippen LogP contribution in [0, 0.1) is 0 Å². The van der Waals surface area contributed by atoms with Gasteiger partial charge in [-0.2, -0.15) is 5.10 Å². The molecule has 7 heteroatoms. The number of aromatic nitrogens is 2. The van der Waals surface area contributed by atoms with Gasteiger partial charge in [-0.05, 0) is 40.2 Å². The van der Waals surface area contributed by atoms with E-state index in [1.807, 2.05) is 24.3 Å². The van der Waals surface area contributed by atoms with E-state index in [0.29, 0.717) is 4.47 Å². The Hall–Kier alpha value is -1.53. The first-order chi connectivity index (χ1) is 10.6. The first kappa shape index (κ1) is 15.4. The summed E-state index contributed by atoms with van der Waals surface area (Å²) in [4.78, 5) is 16.5. The molecule has 0 aliphatic carbocycles. The summed E-state index contributed by atoms with van der Waals surface area (Å²) in [7, 11) is 1.65. The quantitative estimate of drug-likeness (QED) is 0.799. The Kier molecular flexibility index (Phi) is 4.40. The van der Waals surface area contributed by atoms with E-state index >= 15 is 0 Å². The highest BCUT2D eigenvalue weighted by Gasteiger charge is 2.20. The lowest BCUT2D eigenvalue weighted by molar-refractivity contribution is 0.641. The van der Waals surface area contributed by atoms with Gasteiger partial charge in [-0.3, -0.25) is 4.79 Å². The first-order valence-electron chi connectivity index (χ1n) is 7.03. The van der Waals surface area contributed by atoms with Crippen LogP contribution in [0.25, 0.3) is 0 Å². The third-order valence-electron chi connectivity index (χ3n) is 3.87. The fraction of sp³-hybridized carbons (Fsp3) is 0.333. The van der Waals surface area contributed by atoms with Gasteiger partial charge in [0.1, 0.15) is 4.47 Å². The summed E-state index contributed by atoms with van der Waals surface area (Å²) in [5, 5.41) is 4.85. The molecule has 1 aromatic carbocycles. The zero-order valence-electron chi connectivity index (χ0n) is 12.2. The highest BCUT2D eigenvalue weighted by Crippen LogP contribution is 2.25. The number of piperazine rings is 1. The normalized spacial score (nSPS) is 15.2. The molecule has 3 rings (SSSR count). The highest BCUT2D eigenvalue weighted by atomic mass is 79.9. The van der Waals surface area contributed by atoms with Crippen molar-refractivity contribution < 1.29 is 0 Å². The third kappa shape index (κ3) is 2.98. The topological polar surface area (TPSA) is 41.4 Å². The van der Waals surface area contributed by atoms with Gasteiger partial charge in [0.05, 0.1) is 11.9 Å². The predicted molar refractivity (Wildman–Crippen MR) is 93.1 cm³/mol. The molecule has 2 heterocycles. The van der Waals surface area contributed by atoms with Gasteiger partial charge in [0.25, 0.3) is 5.56 Å². The molecule has 0 amide bonds. The zero-order valence-corrected chi connectivity index (χ0v) is 14.5. The molecule has 1 aliphatic rings. The molecule has 1 fully saturated rings. The van der Waals surface area contributed by atoms with Crippen LogP contribution in [-0.4, -0.2) is 36.0 Å². The Bertz CT molecular complexity index is 723. The van der Waals surface area contributed by atoms with Gasteiger partial charge in [-0.1, -0.05) is 11.6 Å². The molecule has 1 aromatic heterocycles. The van der Waals surface area contributed by atoms with Crippen molar-refractivity contribution in [2.45, 2.75) is 0 Å². The fourth-order valence-electron chi connectivity index (χ4n) is 2.58. The summed E-state index contributed by atoms with van der Waals surface area (Å²) in [6, 6.07) is 7.89. The van der Waals surface area contributed by atoms with Crippen LogP contribution in [0.3, 0.4) is 0 Å². The molecule has 0 bridgehead atoms. The smallest absolute Gasteiger partial charge is 0.282 e. The Balaban J connectivity index is 1.73. The Morgan fingerprint density at radius 3 is 2.32 bits per heavy atom. The van der Waals surface area contributed by atoms with Crippen molar-refractivity contribution in [3.8, 4) is 0 Å². The summed E-state index contributed by atoms with van der Waals surface area (Å²) in [5.41, 5.74) is 1.92. The van der Waals surface area contributed by atoms with E-state index < -0.39 is 0 Å². The van der Waals surface area contributed by atoms with Crippen molar-refractivity contribution in [3.63, 3.8) is 0 Å². The van der Waals surface area contributed by atoms with E-state index in [1.54, 1.807) is 13.2 Å². The van der Waals surface area contributed by atoms with Gasteiger partial charge in [-0.25, -0.2) is 4.68 Å². The van der Waals surface area contributed by atoms with Gasteiger partial charge < -0.3 is 9.80 Å². The monoisotopic (exact) mass is 382 g/mol. The largest absolute Gasteiger partial charge is 0.368 e. The Morgan fingerprint density at radius 1 is 1.09 bits per heavy atom. The molecule has 5 nitrogen and oxygen atoms in total. The summed E-state index contributed by atoms with van der Waals surface area (Å²) in [5.74, 6) is 0. The van der Waals surface area contributed by atoms with Gasteiger partial charge in [0.2, 0.25) is 0 Å². The summed E-state index contributed by atoms with van der Waals surface area (Å²) in [6.45, 7) is 3.47. The second kappa shape index (κ2) is 6.30. The predicted octanol–water partition coefficient (Wildman–Crippen LogP) is 2.52. The number of nitrogens with zero attached hydrogens (tertiary/aromatic N) is 4. The first-order valence-corrected chi connectivity index (χ1v) is 8.20. The molecule has 22 heavy (non-hydrogen) atoms.